The van der Waals surface area contributed by atoms with Gasteiger partial charge in [-0.15, -0.1) is 0 Å². The Balaban J connectivity index is 2.24. The van der Waals surface area contributed by atoms with Gasteiger partial charge in [0.1, 0.15) is 11.6 Å². The standard InChI is InChI=1S/C12H10Cl2N2O/c1-15-11-3-2-4-12(16-11)17-10-6-8(13)5-9(14)7-10/h2-7H,1H3,(H,15,16). The van der Waals surface area contributed by atoms with E-state index < -0.39 is 0 Å². The third kappa shape index (κ3) is 3.25. The summed E-state index contributed by atoms with van der Waals surface area (Å²) in [5.41, 5.74) is 0. The van der Waals surface area contributed by atoms with Crippen LogP contribution in [0.15, 0.2) is 36.4 Å². The van der Waals surface area contributed by atoms with Gasteiger partial charge in [-0.25, -0.2) is 0 Å². The van der Waals surface area contributed by atoms with E-state index in [0.29, 0.717) is 21.7 Å². The second-order valence-electron chi connectivity index (χ2n) is 3.32. The highest BCUT2D eigenvalue weighted by Gasteiger charge is 2.02. The molecule has 0 bridgehead atoms. The van der Waals surface area contributed by atoms with Gasteiger partial charge in [0.25, 0.3) is 0 Å². The normalized spacial score (nSPS) is 10.1. The van der Waals surface area contributed by atoms with E-state index >= 15 is 0 Å². The summed E-state index contributed by atoms with van der Waals surface area (Å²) in [4.78, 5) is 4.23. The summed E-state index contributed by atoms with van der Waals surface area (Å²) >= 11 is 11.8. The Morgan fingerprint density at radius 3 is 2.47 bits per heavy atom. The van der Waals surface area contributed by atoms with Crippen LogP contribution in [-0.2, 0) is 0 Å². The highest BCUT2D eigenvalue weighted by Crippen LogP contribution is 2.27. The lowest BCUT2D eigenvalue weighted by molar-refractivity contribution is 0.464. The van der Waals surface area contributed by atoms with Crippen molar-refractivity contribution < 1.29 is 4.74 Å². The van der Waals surface area contributed by atoms with Crippen molar-refractivity contribution in [2.24, 2.45) is 0 Å². The molecule has 0 amide bonds. The maximum absolute atomic E-state index is 5.88. The van der Waals surface area contributed by atoms with E-state index in [9.17, 15) is 0 Å². The van der Waals surface area contributed by atoms with Gasteiger partial charge in [-0.05, 0) is 24.3 Å². The number of nitrogens with one attached hydrogen (secondary N) is 1. The fourth-order valence-electron chi connectivity index (χ4n) is 1.32. The highest BCUT2D eigenvalue weighted by atomic mass is 35.5. The summed E-state index contributed by atoms with van der Waals surface area (Å²) in [7, 11) is 1.79. The van der Waals surface area contributed by atoms with Crippen LogP contribution in [0.25, 0.3) is 0 Å². The van der Waals surface area contributed by atoms with Crippen LogP contribution in [0.2, 0.25) is 10.0 Å². The van der Waals surface area contributed by atoms with E-state index in [1.165, 1.54) is 0 Å². The van der Waals surface area contributed by atoms with Crippen molar-refractivity contribution in [1.29, 1.82) is 0 Å². The molecule has 0 fully saturated rings. The Morgan fingerprint density at radius 2 is 1.82 bits per heavy atom. The number of hydrogen-bond acceptors (Lipinski definition) is 3. The maximum atomic E-state index is 5.88. The molecule has 2 aromatic rings. The lowest BCUT2D eigenvalue weighted by Crippen LogP contribution is -1.94. The minimum absolute atomic E-state index is 0.482. The van der Waals surface area contributed by atoms with E-state index in [1.807, 2.05) is 12.1 Å². The number of aromatic nitrogens is 1. The Bertz CT molecular complexity index is 511. The molecule has 0 radical (unpaired) electrons. The Labute approximate surface area is 109 Å². The van der Waals surface area contributed by atoms with Crippen LogP contribution in [0.5, 0.6) is 11.6 Å². The number of pyridine rings is 1. The Kier molecular flexibility index (Phi) is 3.71. The first kappa shape index (κ1) is 12.0. The molecule has 1 aromatic carbocycles. The topological polar surface area (TPSA) is 34.1 Å². The van der Waals surface area contributed by atoms with Gasteiger partial charge in [-0.2, -0.15) is 4.98 Å². The molecule has 3 nitrogen and oxygen atoms in total. The zero-order valence-electron chi connectivity index (χ0n) is 9.08. The fraction of sp³-hybridized carbons (Fsp3) is 0.0833. The van der Waals surface area contributed by atoms with Crippen LogP contribution in [0.3, 0.4) is 0 Å². The van der Waals surface area contributed by atoms with Crippen molar-refractivity contribution in [1.82, 2.24) is 4.98 Å². The van der Waals surface area contributed by atoms with Gasteiger partial charge in [-0.1, -0.05) is 29.3 Å². The van der Waals surface area contributed by atoms with E-state index in [2.05, 4.69) is 10.3 Å². The molecule has 0 aliphatic rings. The zero-order chi connectivity index (χ0) is 12.3. The molecule has 5 heteroatoms. The molecule has 0 aliphatic heterocycles. The summed E-state index contributed by atoms with van der Waals surface area (Å²) in [5.74, 6) is 1.77. The van der Waals surface area contributed by atoms with Gasteiger partial charge < -0.3 is 10.1 Å². The number of benzene rings is 1. The van der Waals surface area contributed by atoms with Crippen LogP contribution in [0.1, 0.15) is 0 Å². The lowest BCUT2D eigenvalue weighted by atomic mass is 10.3. The summed E-state index contributed by atoms with van der Waals surface area (Å²) in [5, 5.41) is 3.98. The molecule has 2 rings (SSSR count). The van der Waals surface area contributed by atoms with Crippen molar-refractivity contribution in [2.75, 3.05) is 12.4 Å². The predicted molar refractivity (Wildman–Crippen MR) is 70.3 cm³/mol. The van der Waals surface area contributed by atoms with Gasteiger partial charge in [0, 0.05) is 23.2 Å². The zero-order valence-corrected chi connectivity index (χ0v) is 10.6. The summed E-state index contributed by atoms with van der Waals surface area (Å²) in [6.07, 6.45) is 0. The van der Waals surface area contributed by atoms with Crippen molar-refractivity contribution in [2.45, 2.75) is 0 Å². The molecule has 88 valence electrons. The maximum Gasteiger partial charge on any atom is 0.221 e. The van der Waals surface area contributed by atoms with Crippen LogP contribution >= 0.6 is 23.2 Å². The molecule has 0 aliphatic carbocycles. The van der Waals surface area contributed by atoms with Crippen LogP contribution in [0, 0.1) is 0 Å². The quantitative estimate of drug-likeness (QED) is 0.905. The second kappa shape index (κ2) is 5.25. The average Bonchev–Trinajstić information content (AvgIpc) is 2.28. The molecule has 1 N–H and O–H groups in total. The van der Waals surface area contributed by atoms with E-state index in [-0.39, 0.29) is 0 Å². The number of nitrogens with zero attached hydrogens (tertiary/aromatic N) is 1. The number of ether oxygens (including phenoxy) is 1. The number of anilines is 1. The van der Waals surface area contributed by atoms with Crippen molar-refractivity contribution in [3.63, 3.8) is 0 Å². The first-order chi connectivity index (χ1) is 8.17. The van der Waals surface area contributed by atoms with Crippen molar-refractivity contribution in [3.8, 4) is 11.6 Å². The molecular formula is C12H10Cl2N2O. The lowest BCUT2D eigenvalue weighted by Gasteiger charge is -2.07. The number of hydrogen-bond donors (Lipinski definition) is 1. The minimum atomic E-state index is 0.482. The van der Waals surface area contributed by atoms with Gasteiger partial charge in [0.05, 0.1) is 0 Å². The van der Waals surface area contributed by atoms with Crippen LogP contribution in [-0.4, -0.2) is 12.0 Å². The van der Waals surface area contributed by atoms with Gasteiger partial charge in [0.2, 0.25) is 5.88 Å². The highest BCUT2D eigenvalue weighted by molar-refractivity contribution is 6.34. The molecular weight excluding hydrogens is 259 g/mol. The molecule has 1 aromatic heterocycles. The first-order valence-corrected chi connectivity index (χ1v) is 5.72. The van der Waals surface area contributed by atoms with Crippen molar-refractivity contribution in [3.05, 3.63) is 46.4 Å². The summed E-state index contributed by atoms with van der Waals surface area (Å²) in [6, 6.07) is 10.5. The Morgan fingerprint density at radius 1 is 1.12 bits per heavy atom. The number of rotatable bonds is 3. The van der Waals surface area contributed by atoms with E-state index in [1.54, 1.807) is 31.3 Å². The van der Waals surface area contributed by atoms with Crippen LogP contribution < -0.4 is 10.1 Å². The minimum Gasteiger partial charge on any atom is -0.439 e. The Hall–Kier alpha value is -1.45. The number of halogens is 2. The van der Waals surface area contributed by atoms with Gasteiger partial charge in [0.15, 0.2) is 0 Å². The molecule has 17 heavy (non-hydrogen) atoms. The SMILES string of the molecule is CNc1cccc(Oc2cc(Cl)cc(Cl)c2)n1. The average molecular weight is 269 g/mol. The van der Waals surface area contributed by atoms with Crippen LogP contribution in [0.4, 0.5) is 5.82 Å². The van der Waals surface area contributed by atoms with E-state index in [0.717, 1.165) is 5.82 Å². The molecule has 0 unspecified atom stereocenters. The predicted octanol–water partition coefficient (Wildman–Crippen LogP) is 4.22. The molecule has 0 saturated heterocycles. The monoisotopic (exact) mass is 268 g/mol. The smallest absolute Gasteiger partial charge is 0.221 e. The van der Waals surface area contributed by atoms with Gasteiger partial charge >= 0.3 is 0 Å². The third-order valence-electron chi connectivity index (χ3n) is 2.04. The molecule has 0 atom stereocenters. The third-order valence-corrected chi connectivity index (χ3v) is 2.47. The molecule has 0 saturated carbocycles. The van der Waals surface area contributed by atoms with Crippen molar-refractivity contribution >= 4 is 29.0 Å². The molecule has 1 heterocycles. The fourth-order valence-corrected chi connectivity index (χ4v) is 1.83. The second-order valence-corrected chi connectivity index (χ2v) is 4.19. The first-order valence-electron chi connectivity index (χ1n) is 4.96. The summed E-state index contributed by atoms with van der Waals surface area (Å²) in [6.45, 7) is 0. The van der Waals surface area contributed by atoms with E-state index in [4.69, 9.17) is 27.9 Å². The molecule has 0 spiro atoms. The van der Waals surface area contributed by atoms with Gasteiger partial charge in [-0.3, -0.25) is 0 Å². The summed E-state index contributed by atoms with van der Waals surface area (Å²) < 4.78 is 5.56. The largest absolute Gasteiger partial charge is 0.439 e.